The van der Waals surface area contributed by atoms with E-state index in [1.807, 2.05) is 0 Å². The van der Waals surface area contributed by atoms with Crippen LogP contribution in [0.1, 0.15) is 10.4 Å². The van der Waals surface area contributed by atoms with E-state index in [0.717, 1.165) is 6.07 Å². The van der Waals surface area contributed by atoms with Crippen LogP contribution in [0.25, 0.3) is 0 Å². The molecule has 0 atom stereocenters. The highest BCUT2D eigenvalue weighted by molar-refractivity contribution is 9.10. The van der Waals surface area contributed by atoms with Crippen LogP contribution >= 0.6 is 15.9 Å². The Morgan fingerprint density at radius 3 is 2.73 bits per heavy atom. The summed E-state index contributed by atoms with van der Waals surface area (Å²) >= 11 is 3.06. The van der Waals surface area contributed by atoms with Gasteiger partial charge < -0.3 is 14.2 Å². The smallest absolute Gasteiger partial charge is 0.343 e. The molecule has 0 N–H and O–H groups in total. The minimum absolute atomic E-state index is 0.0765. The van der Waals surface area contributed by atoms with E-state index in [9.17, 15) is 14.9 Å². The molecule has 0 spiro atoms. The summed E-state index contributed by atoms with van der Waals surface area (Å²) < 4.78 is 15.8. The number of esters is 1. The number of halogens is 1. The third kappa shape index (κ3) is 2.73. The summed E-state index contributed by atoms with van der Waals surface area (Å²) in [4.78, 5) is 22.4. The Morgan fingerprint density at radius 2 is 1.95 bits per heavy atom. The third-order valence-corrected chi connectivity index (χ3v) is 3.60. The molecule has 1 aliphatic rings. The highest BCUT2D eigenvalue weighted by atomic mass is 79.9. The van der Waals surface area contributed by atoms with Gasteiger partial charge in [-0.15, -0.1) is 0 Å². The van der Waals surface area contributed by atoms with E-state index in [1.165, 1.54) is 18.2 Å². The Hall–Kier alpha value is -2.61. The van der Waals surface area contributed by atoms with Crippen LogP contribution in [0.2, 0.25) is 0 Å². The molecule has 0 amide bonds. The monoisotopic (exact) mass is 365 g/mol. The van der Waals surface area contributed by atoms with Gasteiger partial charge in [-0.25, -0.2) is 4.79 Å². The summed E-state index contributed by atoms with van der Waals surface area (Å²) in [6.45, 7) is 0.117. The first-order valence-corrected chi connectivity index (χ1v) is 6.89. The number of hydrogen-bond acceptors (Lipinski definition) is 6. The van der Waals surface area contributed by atoms with Crippen LogP contribution in [0.4, 0.5) is 5.69 Å². The van der Waals surface area contributed by atoms with Crippen molar-refractivity contribution in [3.63, 3.8) is 0 Å². The van der Waals surface area contributed by atoms with Crippen LogP contribution in [0, 0.1) is 10.1 Å². The number of rotatable bonds is 3. The first-order valence-electron chi connectivity index (χ1n) is 6.10. The van der Waals surface area contributed by atoms with Crippen molar-refractivity contribution < 1.29 is 23.9 Å². The number of nitro benzene ring substituents is 1. The third-order valence-electron chi connectivity index (χ3n) is 2.93. The molecule has 2 aromatic carbocycles. The van der Waals surface area contributed by atoms with Gasteiger partial charge in [0.05, 0.1) is 15.0 Å². The molecule has 0 unspecified atom stereocenters. The average molecular weight is 366 g/mol. The van der Waals surface area contributed by atoms with Gasteiger partial charge in [-0.05, 0) is 40.2 Å². The summed E-state index contributed by atoms with van der Waals surface area (Å²) in [7, 11) is 0. The maximum absolute atomic E-state index is 12.1. The van der Waals surface area contributed by atoms with Crippen molar-refractivity contribution in [2.45, 2.75) is 0 Å². The first-order chi connectivity index (χ1) is 10.5. The number of hydrogen-bond donors (Lipinski definition) is 0. The molecule has 0 bridgehead atoms. The molecule has 3 rings (SSSR count). The maximum Gasteiger partial charge on any atom is 0.343 e. The zero-order chi connectivity index (χ0) is 15.7. The van der Waals surface area contributed by atoms with Gasteiger partial charge in [-0.3, -0.25) is 10.1 Å². The Kier molecular flexibility index (Phi) is 3.68. The second-order valence-corrected chi connectivity index (χ2v) is 5.18. The van der Waals surface area contributed by atoms with Crippen LogP contribution in [-0.2, 0) is 0 Å². The average Bonchev–Trinajstić information content (AvgIpc) is 2.94. The molecule has 112 valence electrons. The zero-order valence-corrected chi connectivity index (χ0v) is 12.5. The molecule has 8 heteroatoms. The van der Waals surface area contributed by atoms with Crippen LogP contribution in [0.3, 0.4) is 0 Å². The molecule has 0 radical (unpaired) electrons. The van der Waals surface area contributed by atoms with Gasteiger partial charge in [0.1, 0.15) is 5.75 Å². The Labute approximate surface area is 132 Å². The molecule has 2 aromatic rings. The molecule has 22 heavy (non-hydrogen) atoms. The lowest BCUT2D eigenvalue weighted by Crippen LogP contribution is -2.09. The van der Waals surface area contributed by atoms with Crippen molar-refractivity contribution in [2.75, 3.05) is 6.79 Å². The van der Waals surface area contributed by atoms with Crippen molar-refractivity contribution in [3.8, 4) is 17.2 Å². The fourth-order valence-electron chi connectivity index (χ4n) is 1.89. The lowest BCUT2D eigenvalue weighted by atomic mass is 10.2. The van der Waals surface area contributed by atoms with Crippen LogP contribution in [0.5, 0.6) is 17.2 Å². The second kappa shape index (κ2) is 5.64. The van der Waals surface area contributed by atoms with Crippen molar-refractivity contribution in [3.05, 3.63) is 56.5 Å². The number of ether oxygens (including phenoxy) is 3. The van der Waals surface area contributed by atoms with E-state index in [0.29, 0.717) is 11.5 Å². The Balaban J connectivity index is 1.83. The Morgan fingerprint density at radius 1 is 1.18 bits per heavy atom. The van der Waals surface area contributed by atoms with Crippen molar-refractivity contribution in [1.82, 2.24) is 0 Å². The summed E-state index contributed by atoms with van der Waals surface area (Å²) in [6, 6.07) is 8.71. The van der Waals surface area contributed by atoms with Gasteiger partial charge in [-0.2, -0.15) is 0 Å². The fraction of sp³-hybridized carbons (Fsp3) is 0.0714. The van der Waals surface area contributed by atoms with E-state index in [4.69, 9.17) is 14.2 Å². The van der Waals surface area contributed by atoms with Gasteiger partial charge >= 0.3 is 5.97 Å². The summed E-state index contributed by atoms with van der Waals surface area (Å²) in [5, 5.41) is 10.9. The molecule has 0 fully saturated rings. The normalized spacial score (nSPS) is 12.0. The van der Waals surface area contributed by atoms with Gasteiger partial charge in [0.15, 0.2) is 11.5 Å². The number of nitro groups is 1. The summed E-state index contributed by atoms with van der Waals surface area (Å²) in [6.07, 6.45) is 0. The van der Waals surface area contributed by atoms with Crippen molar-refractivity contribution in [2.24, 2.45) is 0 Å². The minimum atomic E-state index is -0.700. The standard InChI is InChI=1S/C14H8BrNO6/c15-10-3-1-8(5-11(10)16(18)19)14(17)22-9-2-4-12-13(6-9)21-7-20-12/h1-6H,7H2. The van der Waals surface area contributed by atoms with E-state index in [1.54, 1.807) is 12.1 Å². The maximum atomic E-state index is 12.1. The highest BCUT2D eigenvalue weighted by Gasteiger charge is 2.19. The molecule has 1 heterocycles. The summed E-state index contributed by atoms with van der Waals surface area (Å²) in [5.41, 5.74) is -0.132. The molecule has 0 aliphatic carbocycles. The second-order valence-electron chi connectivity index (χ2n) is 4.33. The number of carbonyl (C=O) groups excluding carboxylic acids is 1. The SMILES string of the molecule is O=C(Oc1ccc2c(c1)OCO2)c1ccc(Br)c([N+](=O)[O-])c1. The minimum Gasteiger partial charge on any atom is -0.454 e. The van der Waals surface area contributed by atoms with E-state index >= 15 is 0 Å². The zero-order valence-electron chi connectivity index (χ0n) is 10.9. The van der Waals surface area contributed by atoms with Crippen LogP contribution in [-0.4, -0.2) is 17.7 Å². The molecule has 0 aromatic heterocycles. The fourth-order valence-corrected chi connectivity index (χ4v) is 2.28. The molecule has 0 saturated heterocycles. The number of carbonyl (C=O) groups is 1. The molecular formula is C14H8BrNO6. The lowest BCUT2D eigenvalue weighted by Gasteiger charge is -2.05. The van der Waals surface area contributed by atoms with Crippen molar-refractivity contribution in [1.29, 1.82) is 0 Å². The van der Waals surface area contributed by atoms with E-state index in [2.05, 4.69) is 15.9 Å². The largest absolute Gasteiger partial charge is 0.454 e. The number of benzene rings is 2. The van der Waals surface area contributed by atoms with Crippen LogP contribution < -0.4 is 14.2 Å². The summed E-state index contributed by atoms with van der Waals surface area (Å²) in [5.74, 6) is 0.612. The first kappa shape index (κ1) is 14.3. The number of nitrogens with zero attached hydrogens (tertiary/aromatic N) is 1. The highest BCUT2D eigenvalue weighted by Crippen LogP contribution is 2.35. The lowest BCUT2D eigenvalue weighted by molar-refractivity contribution is -0.385. The van der Waals surface area contributed by atoms with E-state index < -0.39 is 10.9 Å². The molecule has 1 aliphatic heterocycles. The Bertz CT molecular complexity index is 776. The predicted octanol–water partition coefficient (Wildman–Crippen LogP) is 3.31. The number of fused-ring (bicyclic) bond motifs is 1. The van der Waals surface area contributed by atoms with Crippen molar-refractivity contribution >= 4 is 27.6 Å². The molecule has 0 saturated carbocycles. The molecular weight excluding hydrogens is 358 g/mol. The van der Waals surface area contributed by atoms with E-state index in [-0.39, 0.29) is 28.3 Å². The molecule has 7 nitrogen and oxygen atoms in total. The van der Waals surface area contributed by atoms with Gasteiger partial charge in [0, 0.05) is 12.1 Å². The quantitative estimate of drug-likeness (QED) is 0.359. The van der Waals surface area contributed by atoms with Gasteiger partial charge in [-0.1, -0.05) is 0 Å². The van der Waals surface area contributed by atoms with Gasteiger partial charge in [0.25, 0.3) is 5.69 Å². The van der Waals surface area contributed by atoms with Gasteiger partial charge in [0.2, 0.25) is 6.79 Å². The van der Waals surface area contributed by atoms with Crippen LogP contribution in [0.15, 0.2) is 40.9 Å². The topological polar surface area (TPSA) is 87.9 Å². The predicted molar refractivity (Wildman–Crippen MR) is 78.3 cm³/mol.